The number of unbranched alkanes of at least 4 members (excludes halogenated alkanes) is 34. The van der Waals surface area contributed by atoms with Gasteiger partial charge in [0.1, 0.15) is 24.4 Å². The zero-order chi connectivity index (χ0) is 43.7. The monoisotopic (exact) mass is 854 g/mol. The summed E-state index contributed by atoms with van der Waals surface area (Å²) in [6, 6.07) is -0.798. The lowest BCUT2D eigenvalue weighted by molar-refractivity contribution is -0.302. The summed E-state index contributed by atoms with van der Waals surface area (Å²) in [5.74, 6) is -0.174. The van der Waals surface area contributed by atoms with Crippen molar-refractivity contribution in [2.75, 3.05) is 13.2 Å². The average molecular weight is 854 g/mol. The third kappa shape index (κ3) is 31.7. The lowest BCUT2D eigenvalue weighted by atomic mass is 9.99. The molecular weight excluding hydrogens is 755 g/mol. The van der Waals surface area contributed by atoms with E-state index in [-0.39, 0.29) is 12.5 Å². The van der Waals surface area contributed by atoms with Gasteiger partial charge in [0, 0.05) is 6.42 Å². The Morgan fingerprint density at radius 1 is 0.550 bits per heavy atom. The molecule has 0 radical (unpaired) electrons. The van der Waals surface area contributed by atoms with Crippen molar-refractivity contribution >= 4 is 5.91 Å². The Bertz CT molecular complexity index is 950. The molecule has 0 bridgehead atoms. The van der Waals surface area contributed by atoms with Crippen molar-refractivity contribution in [3.8, 4) is 0 Å². The van der Waals surface area contributed by atoms with Crippen molar-refractivity contribution in [2.24, 2.45) is 0 Å². The highest BCUT2D eigenvalue weighted by Gasteiger charge is 2.44. The molecule has 0 aromatic rings. The molecule has 1 fully saturated rings. The van der Waals surface area contributed by atoms with Gasteiger partial charge in [-0.2, -0.15) is 0 Å². The van der Waals surface area contributed by atoms with E-state index < -0.39 is 49.5 Å². The molecule has 1 rings (SSSR count). The number of hydrogen-bond donors (Lipinski definition) is 6. The molecule has 7 unspecified atom stereocenters. The molecule has 7 atom stereocenters. The predicted octanol–water partition coefficient (Wildman–Crippen LogP) is 11.7. The number of nitrogens with one attached hydrogen (secondary N) is 1. The molecule has 1 heterocycles. The number of rotatable bonds is 44. The van der Waals surface area contributed by atoms with E-state index in [0.717, 1.165) is 38.5 Å². The van der Waals surface area contributed by atoms with Crippen LogP contribution in [0.2, 0.25) is 0 Å². The van der Waals surface area contributed by atoms with Gasteiger partial charge in [0.2, 0.25) is 5.91 Å². The van der Waals surface area contributed by atoms with E-state index in [1.54, 1.807) is 6.08 Å². The zero-order valence-corrected chi connectivity index (χ0v) is 39.2. The van der Waals surface area contributed by atoms with E-state index in [1.807, 2.05) is 6.08 Å². The van der Waals surface area contributed by atoms with Crippen LogP contribution in [-0.2, 0) is 14.3 Å². The van der Waals surface area contributed by atoms with E-state index in [2.05, 4.69) is 19.2 Å². The summed E-state index contributed by atoms with van der Waals surface area (Å²) >= 11 is 0. The minimum absolute atomic E-state index is 0.174. The second kappa shape index (κ2) is 41.9. The molecule has 9 nitrogen and oxygen atoms in total. The van der Waals surface area contributed by atoms with Gasteiger partial charge in [0.15, 0.2) is 6.29 Å². The molecule has 0 aliphatic carbocycles. The van der Waals surface area contributed by atoms with Gasteiger partial charge in [-0.15, -0.1) is 0 Å². The highest BCUT2D eigenvalue weighted by Crippen LogP contribution is 2.23. The van der Waals surface area contributed by atoms with Crippen LogP contribution < -0.4 is 5.32 Å². The molecule has 356 valence electrons. The second-order valence-electron chi connectivity index (χ2n) is 18.3. The van der Waals surface area contributed by atoms with Crippen molar-refractivity contribution in [3.63, 3.8) is 0 Å². The summed E-state index contributed by atoms with van der Waals surface area (Å²) in [5.41, 5.74) is 0. The van der Waals surface area contributed by atoms with Gasteiger partial charge in [-0.3, -0.25) is 4.79 Å². The number of ether oxygens (including phenoxy) is 2. The topological polar surface area (TPSA) is 149 Å². The van der Waals surface area contributed by atoms with Crippen LogP contribution in [0.5, 0.6) is 0 Å². The van der Waals surface area contributed by atoms with E-state index >= 15 is 0 Å². The van der Waals surface area contributed by atoms with E-state index in [9.17, 15) is 30.3 Å². The summed E-state index contributed by atoms with van der Waals surface area (Å²) in [7, 11) is 0. The van der Waals surface area contributed by atoms with E-state index in [0.29, 0.717) is 6.42 Å². The van der Waals surface area contributed by atoms with Crippen molar-refractivity contribution in [1.29, 1.82) is 0 Å². The maximum absolute atomic E-state index is 13.0. The maximum Gasteiger partial charge on any atom is 0.220 e. The SMILES string of the molecule is CCCCCCCCCC/C=C/C(O)C(COC1OC(CO)C(O)C(O)C1O)NC(=O)CCCCCCCCCCCCCCCCCCCCCCCCCCCCC. The number of carbonyl (C=O) groups excluding carboxylic acids is 1. The molecule has 1 saturated heterocycles. The van der Waals surface area contributed by atoms with Crippen molar-refractivity contribution < 1.29 is 39.8 Å². The van der Waals surface area contributed by atoms with Gasteiger partial charge >= 0.3 is 0 Å². The Labute approximate surface area is 369 Å². The average Bonchev–Trinajstić information content (AvgIpc) is 3.25. The van der Waals surface area contributed by atoms with E-state index in [4.69, 9.17) is 9.47 Å². The molecule has 1 aliphatic heterocycles. The highest BCUT2D eigenvalue weighted by molar-refractivity contribution is 5.76. The van der Waals surface area contributed by atoms with Gasteiger partial charge in [-0.05, 0) is 19.3 Å². The number of hydrogen-bond acceptors (Lipinski definition) is 8. The van der Waals surface area contributed by atoms with Gasteiger partial charge in [-0.25, -0.2) is 0 Å². The molecule has 0 aromatic carbocycles. The smallest absolute Gasteiger partial charge is 0.220 e. The van der Waals surface area contributed by atoms with Crippen molar-refractivity contribution in [1.82, 2.24) is 5.32 Å². The third-order valence-electron chi connectivity index (χ3n) is 12.6. The van der Waals surface area contributed by atoms with Gasteiger partial charge < -0.3 is 40.3 Å². The zero-order valence-electron chi connectivity index (χ0n) is 39.2. The van der Waals surface area contributed by atoms with Crippen LogP contribution in [0.1, 0.15) is 251 Å². The van der Waals surface area contributed by atoms with Crippen LogP contribution in [0, 0.1) is 0 Å². The van der Waals surface area contributed by atoms with Crippen LogP contribution >= 0.6 is 0 Å². The summed E-state index contributed by atoms with van der Waals surface area (Å²) in [6.07, 6.45) is 42.9. The molecule has 0 spiro atoms. The Kier molecular flexibility index (Phi) is 39.8. The van der Waals surface area contributed by atoms with Crippen LogP contribution in [-0.4, -0.2) is 87.5 Å². The molecule has 0 aromatic heterocycles. The fourth-order valence-electron chi connectivity index (χ4n) is 8.45. The highest BCUT2D eigenvalue weighted by atomic mass is 16.7. The third-order valence-corrected chi connectivity index (χ3v) is 12.6. The minimum atomic E-state index is -1.56. The quantitative estimate of drug-likeness (QED) is 0.0262. The summed E-state index contributed by atoms with van der Waals surface area (Å²) < 4.78 is 11.2. The summed E-state index contributed by atoms with van der Waals surface area (Å²) in [5, 5.41) is 54.2. The minimum Gasteiger partial charge on any atom is -0.394 e. The van der Waals surface area contributed by atoms with Crippen LogP contribution in [0.3, 0.4) is 0 Å². The number of carbonyl (C=O) groups is 1. The lowest BCUT2D eigenvalue weighted by Crippen LogP contribution is -2.60. The first kappa shape index (κ1) is 56.9. The fraction of sp³-hybridized carbons (Fsp3) is 0.941. The first-order chi connectivity index (χ1) is 29.3. The largest absolute Gasteiger partial charge is 0.394 e. The van der Waals surface area contributed by atoms with Crippen LogP contribution in [0.25, 0.3) is 0 Å². The first-order valence-electron chi connectivity index (χ1n) is 25.9. The Morgan fingerprint density at radius 3 is 1.30 bits per heavy atom. The molecule has 1 aliphatic rings. The van der Waals surface area contributed by atoms with Crippen LogP contribution in [0.15, 0.2) is 12.2 Å². The predicted molar refractivity (Wildman–Crippen MR) is 249 cm³/mol. The summed E-state index contributed by atoms with van der Waals surface area (Å²) in [4.78, 5) is 13.0. The molecule has 0 saturated carbocycles. The second-order valence-corrected chi connectivity index (χ2v) is 18.3. The Balaban J connectivity index is 2.14. The van der Waals surface area contributed by atoms with Gasteiger partial charge in [0.25, 0.3) is 0 Å². The fourth-order valence-corrected chi connectivity index (χ4v) is 8.45. The van der Waals surface area contributed by atoms with E-state index in [1.165, 1.54) is 193 Å². The first-order valence-corrected chi connectivity index (χ1v) is 25.9. The van der Waals surface area contributed by atoms with Crippen LogP contribution in [0.4, 0.5) is 0 Å². The maximum atomic E-state index is 13.0. The van der Waals surface area contributed by atoms with Gasteiger partial charge in [-0.1, -0.05) is 238 Å². The van der Waals surface area contributed by atoms with Crippen molar-refractivity contribution in [2.45, 2.75) is 294 Å². The molecule has 60 heavy (non-hydrogen) atoms. The number of allylic oxidation sites excluding steroid dienone is 1. The number of aliphatic hydroxyl groups excluding tert-OH is 5. The molecular formula is C51H99NO8. The van der Waals surface area contributed by atoms with Gasteiger partial charge in [0.05, 0.1) is 25.4 Å². The molecule has 9 heteroatoms. The molecule has 6 N–H and O–H groups in total. The normalized spacial score (nSPS) is 20.6. The standard InChI is InChI=1S/C51H99NO8/c1-3-5-7-9-11-13-15-16-17-18-19-20-21-22-23-24-25-26-27-28-29-30-31-33-35-37-39-41-47(55)52-44(43-59-51-50(58)49(57)48(56)46(42-53)60-51)45(54)40-38-36-34-32-14-12-10-8-6-4-2/h38,40,44-46,48-51,53-54,56-58H,3-37,39,41-43H2,1-2H3,(H,52,55)/b40-38+. The number of aliphatic hydroxyl groups is 5. The Morgan fingerprint density at radius 2 is 0.917 bits per heavy atom. The number of amides is 1. The van der Waals surface area contributed by atoms with Crippen molar-refractivity contribution in [3.05, 3.63) is 12.2 Å². The Hall–Kier alpha value is -1.07. The summed E-state index contributed by atoms with van der Waals surface area (Å²) in [6.45, 7) is 3.77. The lowest BCUT2D eigenvalue weighted by Gasteiger charge is -2.40. The molecule has 1 amide bonds.